The number of aryl methyl sites for hydroxylation is 2. The molecule has 0 spiro atoms. The number of aromatic amines is 1. The fraction of sp³-hybridized carbons (Fsp3) is 0.421. The molecule has 3 rings (SSSR count). The summed E-state index contributed by atoms with van der Waals surface area (Å²) in [5.41, 5.74) is 3.23. The highest BCUT2D eigenvalue weighted by atomic mass is 35.5. The minimum Gasteiger partial charge on any atom is -0.325 e. The predicted octanol–water partition coefficient (Wildman–Crippen LogP) is 4.12. The summed E-state index contributed by atoms with van der Waals surface area (Å²) in [6.07, 6.45) is 4.33. The number of halogens is 1. The Bertz CT molecular complexity index is 882. The molecule has 0 bridgehead atoms. The molecule has 0 saturated carbocycles. The standard InChI is InChI=1S/C19H22ClN3O2S/c1-3-16(18(25)21-12-9-8-11(2)14(20)10-12)26-19-22-15-7-5-4-6-13(15)17(24)23-19/h8-10,16H,3-7H2,1-2H3,(H,21,25)(H,22,23,24). The highest BCUT2D eigenvalue weighted by Gasteiger charge is 2.22. The number of nitrogens with one attached hydrogen (secondary N) is 2. The molecule has 1 atom stereocenters. The van der Waals surface area contributed by atoms with E-state index in [0.29, 0.717) is 22.3 Å². The first-order chi connectivity index (χ1) is 12.5. The fourth-order valence-corrected chi connectivity index (χ4v) is 4.08. The second-order valence-electron chi connectivity index (χ2n) is 6.47. The molecule has 1 aromatic carbocycles. The van der Waals surface area contributed by atoms with Crippen LogP contribution in [0.1, 0.15) is 43.0 Å². The summed E-state index contributed by atoms with van der Waals surface area (Å²) in [6.45, 7) is 3.85. The van der Waals surface area contributed by atoms with E-state index in [-0.39, 0.29) is 16.7 Å². The van der Waals surface area contributed by atoms with E-state index in [2.05, 4.69) is 15.3 Å². The Morgan fingerprint density at radius 1 is 1.38 bits per heavy atom. The fourth-order valence-electron chi connectivity index (χ4n) is 2.99. The predicted molar refractivity (Wildman–Crippen MR) is 106 cm³/mol. The Labute approximate surface area is 162 Å². The quantitative estimate of drug-likeness (QED) is 0.593. The van der Waals surface area contributed by atoms with Crippen LogP contribution in [0.4, 0.5) is 5.69 Å². The smallest absolute Gasteiger partial charge is 0.254 e. The highest BCUT2D eigenvalue weighted by Crippen LogP contribution is 2.26. The molecule has 26 heavy (non-hydrogen) atoms. The Kier molecular flexibility index (Phi) is 6.04. The maximum absolute atomic E-state index is 12.6. The van der Waals surface area contributed by atoms with Crippen LogP contribution in [0.2, 0.25) is 5.02 Å². The Morgan fingerprint density at radius 2 is 2.15 bits per heavy atom. The van der Waals surface area contributed by atoms with Crippen LogP contribution in [0.15, 0.2) is 28.2 Å². The number of carbonyl (C=O) groups is 1. The summed E-state index contributed by atoms with van der Waals surface area (Å²) in [5, 5.41) is 3.68. The van der Waals surface area contributed by atoms with Crippen molar-refractivity contribution >= 4 is 35.0 Å². The van der Waals surface area contributed by atoms with Gasteiger partial charge in [-0.3, -0.25) is 9.59 Å². The number of amides is 1. The van der Waals surface area contributed by atoms with Gasteiger partial charge in [-0.1, -0.05) is 36.4 Å². The first-order valence-electron chi connectivity index (χ1n) is 8.83. The van der Waals surface area contributed by atoms with Crippen LogP contribution in [-0.2, 0) is 17.6 Å². The SMILES string of the molecule is CCC(Sc1nc2c(c(=O)[nH]1)CCCC2)C(=O)Nc1ccc(C)c(Cl)c1. The number of carbonyl (C=O) groups excluding carboxylic acids is 1. The number of rotatable bonds is 5. The lowest BCUT2D eigenvalue weighted by Gasteiger charge is -2.17. The molecule has 1 heterocycles. The van der Waals surface area contributed by atoms with Gasteiger partial charge in [-0.05, 0) is 56.7 Å². The van der Waals surface area contributed by atoms with Gasteiger partial charge in [0.25, 0.3) is 5.56 Å². The molecule has 0 radical (unpaired) electrons. The molecule has 1 amide bonds. The number of fused-ring (bicyclic) bond motifs is 1. The summed E-state index contributed by atoms with van der Waals surface area (Å²) in [5.74, 6) is -0.127. The number of benzene rings is 1. The minimum atomic E-state index is -0.347. The van der Waals surface area contributed by atoms with Gasteiger partial charge >= 0.3 is 0 Å². The van der Waals surface area contributed by atoms with Crippen LogP contribution in [-0.4, -0.2) is 21.1 Å². The molecule has 0 saturated heterocycles. The second-order valence-corrected chi connectivity index (χ2v) is 8.07. The number of aromatic nitrogens is 2. The summed E-state index contributed by atoms with van der Waals surface area (Å²) >= 11 is 7.42. The van der Waals surface area contributed by atoms with E-state index in [1.54, 1.807) is 6.07 Å². The molecular formula is C19H22ClN3O2S. The third-order valence-corrected chi connectivity index (χ3v) is 6.18. The second kappa shape index (κ2) is 8.27. The molecular weight excluding hydrogens is 370 g/mol. The van der Waals surface area contributed by atoms with Crippen molar-refractivity contribution in [1.29, 1.82) is 0 Å². The maximum Gasteiger partial charge on any atom is 0.254 e. The molecule has 1 aliphatic carbocycles. The van der Waals surface area contributed by atoms with Crippen molar-refractivity contribution in [3.63, 3.8) is 0 Å². The molecule has 5 nitrogen and oxygen atoms in total. The zero-order chi connectivity index (χ0) is 18.7. The van der Waals surface area contributed by atoms with E-state index in [0.717, 1.165) is 42.5 Å². The first kappa shape index (κ1) is 19.0. The average Bonchev–Trinajstić information content (AvgIpc) is 2.62. The molecule has 1 aliphatic rings. The van der Waals surface area contributed by atoms with Crippen molar-refractivity contribution in [3.8, 4) is 0 Å². The van der Waals surface area contributed by atoms with Crippen LogP contribution >= 0.6 is 23.4 Å². The van der Waals surface area contributed by atoms with Crippen LogP contribution in [0.3, 0.4) is 0 Å². The van der Waals surface area contributed by atoms with Gasteiger partial charge in [-0.25, -0.2) is 4.98 Å². The van der Waals surface area contributed by atoms with Crippen molar-refractivity contribution in [3.05, 3.63) is 50.4 Å². The van der Waals surface area contributed by atoms with E-state index in [1.807, 2.05) is 26.0 Å². The molecule has 2 N–H and O–H groups in total. The Hall–Kier alpha value is -1.79. The molecule has 7 heteroatoms. The van der Waals surface area contributed by atoms with Gasteiger partial charge in [0.15, 0.2) is 5.16 Å². The van der Waals surface area contributed by atoms with Crippen molar-refractivity contribution in [1.82, 2.24) is 9.97 Å². The molecule has 0 fully saturated rings. The number of hydrogen-bond donors (Lipinski definition) is 2. The van der Waals surface area contributed by atoms with E-state index in [4.69, 9.17) is 11.6 Å². The molecule has 1 aromatic heterocycles. The van der Waals surface area contributed by atoms with Gasteiger partial charge in [-0.2, -0.15) is 0 Å². The normalized spacial score (nSPS) is 14.6. The molecule has 2 aromatic rings. The van der Waals surface area contributed by atoms with E-state index in [9.17, 15) is 9.59 Å². The zero-order valence-electron chi connectivity index (χ0n) is 14.9. The monoisotopic (exact) mass is 391 g/mol. The van der Waals surface area contributed by atoms with Gasteiger partial charge < -0.3 is 10.3 Å². The Morgan fingerprint density at radius 3 is 2.88 bits per heavy atom. The van der Waals surface area contributed by atoms with E-state index >= 15 is 0 Å². The lowest BCUT2D eigenvalue weighted by molar-refractivity contribution is -0.115. The topological polar surface area (TPSA) is 74.8 Å². The molecule has 0 aliphatic heterocycles. The van der Waals surface area contributed by atoms with Gasteiger partial charge in [0.05, 0.1) is 10.9 Å². The summed E-state index contributed by atoms with van der Waals surface area (Å²) < 4.78 is 0. The maximum atomic E-state index is 12.6. The van der Waals surface area contributed by atoms with Gasteiger partial charge in [0.1, 0.15) is 0 Å². The average molecular weight is 392 g/mol. The van der Waals surface area contributed by atoms with E-state index < -0.39 is 0 Å². The number of nitrogens with zero attached hydrogens (tertiary/aromatic N) is 1. The highest BCUT2D eigenvalue weighted by molar-refractivity contribution is 8.00. The number of H-pyrrole nitrogens is 1. The lowest BCUT2D eigenvalue weighted by atomic mass is 9.97. The van der Waals surface area contributed by atoms with Crippen LogP contribution < -0.4 is 10.9 Å². The third kappa shape index (κ3) is 4.30. The number of hydrogen-bond acceptors (Lipinski definition) is 4. The van der Waals surface area contributed by atoms with Crippen molar-refractivity contribution in [2.45, 2.75) is 56.4 Å². The Balaban J connectivity index is 1.74. The number of thioether (sulfide) groups is 1. The zero-order valence-corrected chi connectivity index (χ0v) is 16.5. The molecule has 138 valence electrons. The van der Waals surface area contributed by atoms with Crippen molar-refractivity contribution < 1.29 is 4.79 Å². The van der Waals surface area contributed by atoms with Gasteiger partial charge in [-0.15, -0.1) is 0 Å². The largest absolute Gasteiger partial charge is 0.325 e. The van der Waals surface area contributed by atoms with Crippen LogP contribution in [0.5, 0.6) is 0 Å². The number of anilines is 1. The minimum absolute atomic E-state index is 0.0715. The van der Waals surface area contributed by atoms with Gasteiger partial charge in [0.2, 0.25) is 5.91 Å². The van der Waals surface area contributed by atoms with E-state index in [1.165, 1.54) is 11.8 Å². The summed E-state index contributed by atoms with van der Waals surface area (Å²) in [6, 6.07) is 5.44. The molecule has 1 unspecified atom stereocenters. The summed E-state index contributed by atoms with van der Waals surface area (Å²) in [7, 11) is 0. The summed E-state index contributed by atoms with van der Waals surface area (Å²) in [4.78, 5) is 32.3. The van der Waals surface area contributed by atoms with Crippen molar-refractivity contribution in [2.75, 3.05) is 5.32 Å². The lowest BCUT2D eigenvalue weighted by Crippen LogP contribution is -2.26. The van der Waals surface area contributed by atoms with Gasteiger partial charge in [0, 0.05) is 16.3 Å². The third-order valence-electron chi connectivity index (χ3n) is 4.53. The first-order valence-corrected chi connectivity index (χ1v) is 10.1. The van der Waals surface area contributed by atoms with Crippen molar-refractivity contribution in [2.24, 2.45) is 0 Å². The van der Waals surface area contributed by atoms with Crippen LogP contribution in [0.25, 0.3) is 0 Å². The van der Waals surface area contributed by atoms with Crippen LogP contribution in [0, 0.1) is 6.92 Å².